The second-order valence-corrected chi connectivity index (χ2v) is 7.86. The monoisotopic (exact) mass is 363 g/mol. The van der Waals surface area contributed by atoms with Crippen molar-refractivity contribution in [2.75, 3.05) is 5.73 Å². The van der Waals surface area contributed by atoms with E-state index in [-0.39, 0.29) is 0 Å². The van der Waals surface area contributed by atoms with Gasteiger partial charge < -0.3 is 10.3 Å². The lowest BCUT2D eigenvalue weighted by atomic mass is 9.43. The molecule has 0 unspecified atom stereocenters. The Balaban J connectivity index is 1.31. The first-order chi connectivity index (χ1) is 12.3. The van der Waals surface area contributed by atoms with Crippen LogP contribution in [-0.2, 0) is 12.7 Å². The summed E-state index contributed by atoms with van der Waals surface area (Å²) in [5.74, 6) is 0.517. The summed E-state index contributed by atoms with van der Waals surface area (Å²) in [6.07, 6.45) is 10.5. The molecule has 2 heterocycles. The van der Waals surface area contributed by atoms with E-state index in [1.165, 1.54) is 38.3 Å². The molecule has 3 aliphatic carbocycles. The van der Waals surface area contributed by atoms with Crippen molar-refractivity contribution < 1.29 is 13.2 Å². The summed E-state index contributed by atoms with van der Waals surface area (Å²) >= 11 is 0. The van der Waals surface area contributed by atoms with Gasteiger partial charge in [-0.25, -0.2) is 9.97 Å². The van der Waals surface area contributed by atoms with Crippen LogP contribution in [0.3, 0.4) is 0 Å². The van der Waals surface area contributed by atoms with E-state index in [0.29, 0.717) is 16.7 Å². The number of anilines is 1. The molecule has 0 amide bonds. The molecular formula is C19H22F3N4. The molecule has 0 spiro atoms. The standard InChI is InChI=1S/C19H22F3N4/c20-19(21,22)15-6-14(10-24-17(15)23)16-11-26(12-25-16)5-3-1-2-4-18-7-13(8-18)9-18/h6,10-11,13H,1-5,7-9H2,(H2,23,24). The molecule has 4 nitrogen and oxygen atoms in total. The van der Waals surface area contributed by atoms with Gasteiger partial charge in [-0.1, -0.05) is 12.8 Å². The number of nitrogens with zero attached hydrogens (tertiary/aromatic N) is 3. The van der Waals surface area contributed by atoms with E-state index in [9.17, 15) is 13.2 Å². The Labute approximate surface area is 150 Å². The SMILES string of the molecule is Nc1ncc(-c2cn(CCCCCC34CC(C3)C4)[c]n2)cc1C(F)(F)F. The molecule has 139 valence electrons. The summed E-state index contributed by atoms with van der Waals surface area (Å²) in [5.41, 5.74) is 5.83. The number of imidazole rings is 1. The van der Waals surface area contributed by atoms with Crippen molar-refractivity contribution in [2.45, 2.75) is 57.7 Å². The highest BCUT2D eigenvalue weighted by Crippen LogP contribution is 2.66. The minimum Gasteiger partial charge on any atom is -0.383 e. The molecule has 3 fully saturated rings. The molecule has 0 saturated heterocycles. The average molecular weight is 363 g/mol. The van der Waals surface area contributed by atoms with Crippen LogP contribution < -0.4 is 5.73 Å². The van der Waals surface area contributed by atoms with E-state index in [4.69, 9.17) is 5.73 Å². The van der Waals surface area contributed by atoms with Gasteiger partial charge in [-0.05, 0) is 49.5 Å². The van der Waals surface area contributed by atoms with Crippen LogP contribution in [0.5, 0.6) is 0 Å². The van der Waals surface area contributed by atoms with Gasteiger partial charge in [-0.2, -0.15) is 13.2 Å². The van der Waals surface area contributed by atoms with Gasteiger partial charge in [0.25, 0.3) is 0 Å². The molecule has 26 heavy (non-hydrogen) atoms. The minimum atomic E-state index is -4.53. The number of halogens is 3. The number of aryl methyl sites for hydroxylation is 1. The Hall–Kier alpha value is -2.05. The normalized spacial score (nSPS) is 24.2. The quantitative estimate of drug-likeness (QED) is 0.725. The topological polar surface area (TPSA) is 56.7 Å². The first-order valence-electron chi connectivity index (χ1n) is 9.13. The van der Waals surface area contributed by atoms with Crippen molar-refractivity contribution >= 4 is 5.82 Å². The fourth-order valence-corrected chi connectivity index (χ4v) is 4.34. The molecule has 0 atom stereocenters. The van der Waals surface area contributed by atoms with Gasteiger partial charge in [0.1, 0.15) is 5.82 Å². The zero-order valence-electron chi connectivity index (χ0n) is 14.5. The lowest BCUT2D eigenvalue weighted by Crippen LogP contribution is -2.51. The second-order valence-electron chi connectivity index (χ2n) is 7.86. The van der Waals surface area contributed by atoms with E-state index < -0.39 is 17.6 Å². The highest BCUT2D eigenvalue weighted by molar-refractivity contribution is 5.61. The third-order valence-corrected chi connectivity index (χ3v) is 5.87. The van der Waals surface area contributed by atoms with E-state index in [2.05, 4.69) is 16.3 Å². The van der Waals surface area contributed by atoms with Crippen molar-refractivity contribution in [3.63, 3.8) is 0 Å². The van der Waals surface area contributed by atoms with Crippen LogP contribution in [-0.4, -0.2) is 14.5 Å². The van der Waals surface area contributed by atoms with E-state index >= 15 is 0 Å². The number of nitrogen functional groups attached to an aromatic ring is 1. The summed E-state index contributed by atoms with van der Waals surface area (Å²) in [4.78, 5) is 7.75. The molecule has 2 N–H and O–H groups in total. The van der Waals surface area contributed by atoms with Crippen LogP contribution in [0, 0.1) is 17.7 Å². The van der Waals surface area contributed by atoms with E-state index in [1.807, 2.05) is 0 Å². The Morgan fingerprint density at radius 2 is 2.00 bits per heavy atom. The summed E-state index contributed by atoms with van der Waals surface area (Å²) < 4.78 is 40.7. The van der Waals surface area contributed by atoms with E-state index in [0.717, 1.165) is 31.4 Å². The molecule has 2 aromatic heterocycles. The van der Waals surface area contributed by atoms with Gasteiger partial charge in [0, 0.05) is 24.5 Å². The fraction of sp³-hybridized carbons (Fsp3) is 0.579. The largest absolute Gasteiger partial charge is 0.419 e. The summed E-state index contributed by atoms with van der Waals surface area (Å²) in [7, 11) is 0. The van der Waals surface area contributed by atoms with Crippen molar-refractivity contribution in [3.8, 4) is 11.3 Å². The van der Waals surface area contributed by atoms with Gasteiger partial charge >= 0.3 is 6.18 Å². The smallest absolute Gasteiger partial charge is 0.383 e. The van der Waals surface area contributed by atoms with Gasteiger partial charge in [0.2, 0.25) is 0 Å². The third-order valence-electron chi connectivity index (χ3n) is 5.87. The number of nitrogens with two attached hydrogens (primary N) is 1. The Bertz CT molecular complexity index is 779. The van der Waals surface area contributed by atoms with E-state index in [1.54, 1.807) is 10.8 Å². The summed E-state index contributed by atoms with van der Waals surface area (Å²) in [5, 5.41) is 0. The minimum absolute atomic E-state index is 0.296. The number of hydrogen-bond donors (Lipinski definition) is 1. The van der Waals surface area contributed by atoms with Crippen LogP contribution in [0.1, 0.15) is 50.5 Å². The van der Waals surface area contributed by atoms with Crippen molar-refractivity contribution in [1.82, 2.24) is 14.5 Å². The molecule has 0 aliphatic heterocycles. The molecule has 2 bridgehead atoms. The maximum Gasteiger partial charge on any atom is 0.419 e. The molecule has 3 aliphatic rings. The summed E-state index contributed by atoms with van der Waals surface area (Å²) in [6, 6.07) is 0.993. The fourth-order valence-electron chi connectivity index (χ4n) is 4.34. The average Bonchev–Trinajstić information content (AvgIpc) is 2.96. The Kier molecular flexibility index (Phi) is 4.20. The number of aromatic nitrogens is 3. The highest BCUT2D eigenvalue weighted by atomic mass is 19.4. The molecule has 7 heteroatoms. The van der Waals surface area contributed by atoms with Crippen LogP contribution in [0.4, 0.5) is 19.0 Å². The predicted molar refractivity (Wildman–Crippen MR) is 92.0 cm³/mol. The molecule has 0 aromatic carbocycles. The van der Waals surface area contributed by atoms with Gasteiger partial charge in [-0.15, -0.1) is 0 Å². The zero-order chi connectivity index (χ0) is 18.4. The lowest BCUT2D eigenvalue weighted by Gasteiger charge is -2.62. The van der Waals surface area contributed by atoms with Crippen molar-refractivity contribution in [1.29, 1.82) is 0 Å². The second kappa shape index (κ2) is 6.28. The predicted octanol–water partition coefficient (Wildman–Crippen LogP) is 4.71. The van der Waals surface area contributed by atoms with Crippen LogP contribution >= 0.6 is 0 Å². The Morgan fingerprint density at radius 1 is 1.23 bits per heavy atom. The van der Waals surface area contributed by atoms with Crippen LogP contribution in [0.25, 0.3) is 11.3 Å². The van der Waals surface area contributed by atoms with Crippen LogP contribution in [0.15, 0.2) is 18.5 Å². The number of alkyl halides is 3. The molecule has 1 radical (unpaired) electrons. The van der Waals surface area contributed by atoms with Gasteiger partial charge in [0.05, 0.1) is 11.3 Å². The molecule has 3 saturated carbocycles. The third kappa shape index (κ3) is 3.31. The van der Waals surface area contributed by atoms with Gasteiger partial charge in [-0.3, -0.25) is 0 Å². The maximum atomic E-state index is 13.0. The molecular weight excluding hydrogens is 341 g/mol. The number of rotatable bonds is 7. The van der Waals surface area contributed by atoms with Crippen LogP contribution in [0.2, 0.25) is 0 Å². The Morgan fingerprint density at radius 3 is 2.65 bits per heavy atom. The first-order valence-corrected chi connectivity index (χ1v) is 9.13. The number of unbranched alkanes of at least 4 members (excludes halogenated alkanes) is 2. The summed E-state index contributed by atoms with van der Waals surface area (Å²) in [6.45, 7) is 0.775. The van der Waals surface area contributed by atoms with Gasteiger partial charge in [0.15, 0.2) is 6.33 Å². The lowest BCUT2D eigenvalue weighted by molar-refractivity contribution is -0.137. The molecule has 2 aromatic rings. The van der Waals surface area contributed by atoms with Crippen molar-refractivity contribution in [3.05, 3.63) is 30.4 Å². The number of pyridine rings is 1. The number of hydrogen-bond acceptors (Lipinski definition) is 3. The zero-order valence-corrected chi connectivity index (χ0v) is 14.5. The first kappa shape index (κ1) is 17.4. The molecule has 5 rings (SSSR count). The van der Waals surface area contributed by atoms with Crippen molar-refractivity contribution in [2.24, 2.45) is 11.3 Å². The maximum absolute atomic E-state index is 13.0. The highest BCUT2D eigenvalue weighted by Gasteiger charge is 2.55.